The molecule has 0 aliphatic rings. The van der Waals surface area contributed by atoms with E-state index in [1.165, 1.54) is 11.8 Å². The topological polar surface area (TPSA) is 78.3 Å². The molecule has 35 heavy (non-hydrogen) atoms. The molecule has 4 rings (SSSR count). The Morgan fingerprint density at radius 3 is 2.49 bits per heavy atom. The Hall–Kier alpha value is -3.49. The summed E-state index contributed by atoms with van der Waals surface area (Å²) >= 11 is 7.37. The minimum atomic E-state index is -0.395. The zero-order valence-corrected chi connectivity index (χ0v) is 21.1. The second-order valence-corrected chi connectivity index (χ2v) is 9.12. The highest BCUT2D eigenvalue weighted by Gasteiger charge is 2.22. The molecule has 0 saturated heterocycles. The van der Waals surface area contributed by atoms with Gasteiger partial charge in [0.05, 0.1) is 12.9 Å². The number of nitrogens with one attached hydrogen (secondary N) is 1. The smallest absolute Gasteiger partial charge is 0.234 e. The van der Waals surface area contributed by atoms with Gasteiger partial charge in [-0.15, -0.1) is 10.2 Å². The number of carbonyl (C=O) groups is 1. The largest absolute Gasteiger partial charge is 0.497 e. The quantitative estimate of drug-likeness (QED) is 0.275. The van der Waals surface area contributed by atoms with Crippen molar-refractivity contribution in [1.29, 1.82) is 0 Å². The number of ether oxygens (including phenoxy) is 2. The van der Waals surface area contributed by atoms with Gasteiger partial charge in [0.1, 0.15) is 11.5 Å². The van der Waals surface area contributed by atoms with Crippen LogP contribution in [0.5, 0.6) is 11.5 Å². The van der Waals surface area contributed by atoms with Crippen molar-refractivity contribution in [1.82, 2.24) is 14.8 Å². The fraction of sp³-hybridized carbons (Fsp3) is 0.192. The Morgan fingerprint density at radius 2 is 1.77 bits per heavy atom. The molecule has 0 aliphatic carbocycles. The standard InChI is InChI=1S/C26H25ClN4O3S/c1-17-9-10-19(27)15-23(17)28-24(32)16-35-26-30-29-25(31(26)20-7-5-4-6-8-20)18(2)34-22-13-11-21(33-3)12-14-22/h4-15,18H,16H2,1-3H3,(H,28,32). The molecule has 1 amide bonds. The Kier molecular flexibility index (Phi) is 7.94. The molecule has 180 valence electrons. The lowest BCUT2D eigenvalue weighted by atomic mass is 10.2. The number of thioether (sulfide) groups is 1. The zero-order chi connectivity index (χ0) is 24.8. The van der Waals surface area contributed by atoms with Crippen LogP contribution in [-0.2, 0) is 4.79 Å². The molecule has 1 atom stereocenters. The first kappa shape index (κ1) is 24.6. The Labute approximate surface area is 213 Å². The van der Waals surface area contributed by atoms with Crippen molar-refractivity contribution in [2.45, 2.75) is 25.1 Å². The van der Waals surface area contributed by atoms with Crippen LogP contribution < -0.4 is 14.8 Å². The van der Waals surface area contributed by atoms with Crippen LogP contribution >= 0.6 is 23.4 Å². The SMILES string of the molecule is COc1ccc(OC(C)c2nnc(SCC(=O)Nc3cc(Cl)ccc3C)n2-c2ccccc2)cc1. The van der Waals surface area contributed by atoms with Gasteiger partial charge in [0.15, 0.2) is 17.1 Å². The van der Waals surface area contributed by atoms with E-state index >= 15 is 0 Å². The fourth-order valence-corrected chi connectivity index (χ4v) is 4.35. The van der Waals surface area contributed by atoms with E-state index in [2.05, 4.69) is 15.5 Å². The maximum Gasteiger partial charge on any atom is 0.234 e. The van der Waals surface area contributed by atoms with Crippen molar-refractivity contribution in [2.75, 3.05) is 18.2 Å². The Bertz CT molecular complexity index is 1300. The van der Waals surface area contributed by atoms with Crippen molar-refractivity contribution < 1.29 is 14.3 Å². The summed E-state index contributed by atoms with van der Waals surface area (Å²) in [7, 11) is 1.62. The van der Waals surface area contributed by atoms with Gasteiger partial charge >= 0.3 is 0 Å². The molecule has 1 unspecified atom stereocenters. The van der Waals surface area contributed by atoms with Crippen LogP contribution in [0.1, 0.15) is 24.4 Å². The lowest BCUT2D eigenvalue weighted by Crippen LogP contribution is -2.16. The third kappa shape index (κ3) is 6.15. The van der Waals surface area contributed by atoms with Crippen molar-refractivity contribution in [3.63, 3.8) is 0 Å². The van der Waals surface area contributed by atoms with Crippen molar-refractivity contribution in [2.24, 2.45) is 0 Å². The third-order valence-electron chi connectivity index (χ3n) is 5.21. The predicted octanol–water partition coefficient (Wildman–Crippen LogP) is 6.11. The van der Waals surface area contributed by atoms with Crippen LogP contribution in [0.4, 0.5) is 5.69 Å². The molecule has 4 aromatic rings. The maximum atomic E-state index is 12.7. The molecule has 0 spiro atoms. The second-order valence-electron chi connectivity index (χ2n) is 7.74. The van der Waals surface area contributed by atoms with E-state index in [9.17, 15) is 4.79 Å². The van der Waals surface area contributed by atoms with E-state index < -0.39 is 6.10 Å². The summed E-state index contributed by atoms with van der Waals surface area (Å²) in [4.78, 5) is 12.7. The average Bonchev–Trinajstić information content (AvgIpc) is 3.30. The summed E-state index contributed by atoms with van der Waals surface area (Å²) in [6.45, 7) is 3.83. The highest BCUT2D eigenvalue weighted by Crippen LogP contribution is 2.29. The molecular formula is C26H25ClN4O3S. The van der Waals surface area contributed by atoms with Crippen LogP contribution in [-0.4, -0.2) is 33.5 Å². The third-order valence-corrected chi connectivity index (χ3v) is 6.38. The first-order valence-corrected chi connectivity index (χ1v) is 12.3. The number of carbonyl (C=O) groups excluding carboxylic acids is 1. The fourth-order valence-electron chi connectivity index (χ4n) is 3.41. The van der Waals surface area contributed by atoms with Gasteiger partial charge in [-0.3, -0.25) is 9.36 Å². The number of nitrogens with zero attached hydrogens (tertiary/aromatic N) is 3. The first-order valence-electron chi connectivity index (χ1n) is 10.9. The number of rotatable bonds is 9. The van der Waals surface area contributed by atoms with Crippen molar-refractivity contribution in [3.05, 3.63) is 89.2 Å². The number of benzene rings is 3. The van der Waals surface area contributed by atoms with Gasteiger partial charge in [0, 0.05) is 16.4 Å². The zero-order valence-electron chi connectivity index (χ0n) is 19.6. The van der Waals surface area contributed by atoms with E-state index in [0.717, 1.165) is 17.0 Å². The normalized spacial score (nSPS) is 11.7. The van der Waals surface area contributed by atoms with E-state index in [4.69, 9.17) is 21.1 Å². The Balaban J connectivity index is 1.53. The van der Waals surface area contributed by atoms with E-state index in [0.29, 0.717) is 27.4 Å². The van der Waals surface area contributed by atoms with Crippen molar-refractivity contribution in [3.8, 4) is 17.2 Å². The van der Waals surface area contributed by atoms with Crippen LogP contribution in [0.15, 0.2) is 78.0 Å². The molecule has 0 saturated carbocycles. The molecule has 1 heterocycles. The summed E-state index contributed by atoms with van der Waals surface area (Å²) in [6.07, 6.45) is -0.395. The number of aromatic nitrogens is 3. The van der Waals surface area contributed by atoms with Gasteiger partial charge in [-0.05, 0) is 67.9 Å². The summed E-state index contributed by atoms with van der Waals surface area (Å²) in [5, 5.41) is 12.8. The van der Waals surface area contributed by atoms with Crippen molar-refractivity contribution >= 4 is 35.0 Å². The number of aryl methyl sites for hydroxylation is 1. The molecule has 0 fully saturated rings. The number of para-hydroxylation sites is 1. The molecule has 0 radical (unpaired) electrons. The predicted molar refractivity (Wildman–Crippen MR) is 139 cm³/mol. The molecule has 9 heteroatoms. The number of methoxy groups -OCH3 is 1. The lowest BCUT2D eigenvalue weighted by Gasteiger charge is -2.17. The first-order chi connectivity index (χ1) is 16.9. The number of anilines is 1. The highest BCUT2D eigenvalue weighted by molar-refractivity contribution is 7.99. The molecule has 1 N–H and O–H groups in total. The lowest BCUT2D eigenvalue weighted by molar-refractivity contribution is -0.113. The summed E-state index contributed by atoms with van der Waals surface area (Å²) in [6, 6.07) is 22.5. The Morgan fingerprint density at radius 1 is 1.06 bits per heavy atom. The molecule has 0 aliphatic heterocycles. The highest BCUT2D eigenvalue weighted by atomic mass is 35.5. The molecule has 3 aromatic carbocycles. The maximum absolute atomic E-state index is 12.7. The van der Waals surface area contributed by atoms with Gasteiger partial charge in [-0.25, -0.2) is 0 Å². The van der Waals surface area contributed by atoms with Gasteiger partial charge in [0.2, 0.25) is 5.91 Å². The molecular weight excluding hydrogens is 484 g/mol. The molecule has 7 nitrogen and oxygen atoms in total. The van der Waals surface area contributed by atoms with E-state index in [1.54, 1.807) is 19.2 Å². The number of amides is 1. The van der Waals surface area contributed by atoms with Crippen LogP contribution in [0.3, 0.4) is 0 Å². The second kappa shape index (κ2) is 11.3. The van der Waals surface area contributed by atoms with Crippen LogP contribution in [0.25, 0.3) is 5.69 Å². The van der Waals surface area contributed by atoms with Gasteiger partial charge in [0.25, 0.3) is 0 Å². The number of hydrogen-bond acceptors (Lipinski definition) is 6. The minimum Gasteiger partial charge on any atom is -0.497 e. The van der Waals surface area contributed by atoms with Gasteiger partial charge in [-0.1, -0.05) is 47.6 Å². The number of hydrogen-bond donors (Lipinski definition) is 1. The van der Waals surface area contributed by atoms with Crippen LogP contribution in [0.2, 0.25) is 5.02 Å². The summed E-state index contributed by atoms with van der Waals surface area (Å²) < 4.78 is 13.2. The summed E-state index contributed by atoms with van der Waals surface area (Å²) in [5.74, 6) is 2.06. The molecule has 0 bridgehead atoms. The molecule has 1 aromatic heterocycles. The van der Waals surface area contributed by atoms with E-state index in [1.807, 2.05) is 79.1 Å². The average molecular weight is 509 g/mol. The monoisotopic (exact) mass is 508 g/mol. The van der Waals surface area contributed by atoms with Gasteiger partial charge < -0.3 is 14.8 Å². The minimum absolute atomic E-state index is 0.157. The van der Waals surface area contributed by atoms with Crippen LogP contribution in [0, 0.1) is 6.92 Å². The number of halogens is 1. The van der Waals surface area contributed by atoms with Gasteiger partial charge in [-0.2, -0.15) is 0 Å². The summed E-state index contributed by atoms with van der Waals surface area (Å²) in [5.41, 5.74) is 2.51. The van der Waals surface area contributed by atoms with E-state index in [-0.39, 0.29) is 11.7 Å².